The van der Waals surface area contributed by atoms with Crippen LogP contribution in [0.1, 0.15) is 28.8 Å². The Balaban J connectivity index is 1.91. The number of ether oxygens (including phenoxy) is 3. The maximum absolute atomic E-state index is 12.4. The van der Waals surface area contributed by atoms with Crippen molar-refractivity contribution in [3.05, 3.63) is 59.7 Å². The molecular weight excluding hydrogens is 378 g/mol. The van der Waals surface area contributed by atoms with E-state index in [1.165, 1.54) is 26.4 Å². The normalized spacial score (nSPS) is 11.2. The number of aliphatic carboxylic acids is 1. The zero-order valence-electron chi connectivity index (χ0n) is 16.2. The van der Waals surface area contributed by atoms with Gasteiger partial charge in [0.2, 0.25) is 0 Å². The van der Waals surface area contributed by atoms with Crippen LogP contribution in [0.5, 0.6) is 11.5 Å². The molecular formula is C21H23NO7. The molecule has 0 heterocycles. The van der Waals surface area contributed by atoms with E-state index in [1.807, 2.05) is 30.3 Å². The van der Waals surface area contributed by atoms with Gasteiger partial charge in [-0.15, -0.1) is 0 Å². The highest BCUT2D eigenvalue weighted by Gasteiger charge is 2.22. The van der Waals surface area contributed by atoms with E-state index in [-0.39, 0.29) is 25.0 Å². The molecule has 8 nitrogen and oxygen atoms in total. The van der Waals surface area contributed by atoms with Gasteiger partial charge in [-0.3, -0.25) is 9.59 Å². The molecule has 0 aliphatic carbocycles. The molecule has 2 aromatic carbocycles. The number of hydrogen-bond donors (Lipinski definition) is 2. The zero-order chi connectivity index (χ0) is 21.2. The minimum atomic E-state index is -1.24. The molecule has 0 unspecified atom stereocenters. The van der Waals surface area contributed by atoms with Crippen molar-refractivity contribution in [3.63, 3.8) is 0 Å². The van der Waals surface area contributed by atoms with Crippen molar-refractivity contribution in [2.75, 3.05) is 14.2 Å². The van der Waals surface area contributed by atoms with E-state index in [0.717, 1.165) is 5.56 Å². The summed E-state index contributed by atoms with van der Waals surface area (Å²) >= 11 is 0. The van der Waals surface area contributed by atoms with Crippen molar-refractivity contribution in [1.82, 2.24) is 5.32 Å². The average Bonchev–Trinajstić information content (AvgIpc) is 2.74. The molecule has 29 heavy (non-hydrogen) atoms. The summed E-state index contributed by atoms with van der Waals surface area (Å²) in [6.45, 7) is 0.107. The number of amides is 1. The van der Waals surface area contributed by atoms with Crippen LogP contribution in [-0.4, -0.2) is 43.2 Å². The molecule has 1 atom stereocenters. The van der Waals surface area contributed by atoms with Gasteiger partial charge in [0.15, 0.2) is 11.5 Å². The molecule has 0 aromatic heterocycles. The van der Waals surface area contributed by atoms with Gasteiger partial charge in [-0.05, 0) is 30.2 Å². The van der Waals surface area contributed by atoms with Crippen molar-refractivity contribution in [2.45, 2.75) is 25.5 Å². The Morgan fingerprint density at radius 2 is 1.69 bits per heavy atom. The zero-order valence-corrected chi connectivity index (χ0v) is 16.2. The first kappa shape index (κ1) is 21.7. The largest absolute Gasteiger partial charge is 0.493 e. The Labute approximate surface area is 168 Å². The molecule has 0 aliphatic rings. The van der Waals surface area contributed by atoms with E-state index < -0.39 is 23.9 Å². The van der Waals surface area contributed by atoms with Crippen LogP contribution in [0.25, 0.3) is 0 Å². The van der Waals surface area contributed by atoms with Crippen molar-refractivity contribution in [2.24, 2.45) is 0 Å². The number of methoxy groups -OCH3 is 2. The number of nitrogens with one attached hydrogen (secondary N) is 1. The second-order valence-electron chi connectivity index (χ2n) is 6.12. The first-order valence-electron chi connectivity index (χ1n) is 8.89. The Morgan fingerprint density at radius 1 is 1.00 bits per heavy atom. The Kier molecular flexibility index (Phi) is 8.02. The van der Waals surface area contributed by atoms with Gasteiger partial charge in [-0.1, -0.05) is 30.3 Å². The molecule has 2 rings (SSSR count). The first-order valence-corrected chi connectivity index (χ1v) is 8.89. The second-order valence-corrected chi connectivity index (χ2v) is 6.12. The van der Waals surface area contributed by atoms with Crippen molar-refractivity contribution in [1.29, 1.82) is 0 Å². The van der Waals surface area contributed by atoms with Gasteiger partial charge in [0.25, 0.3) is 5.91 Å². The van der Waals surface area contributed by atoms with E-state index in [1.54, 1.807) is 6.07 Å². The van der Waals surface area contributed by atoms with Crippen molar-refractivity contribution < 1.29 is 33.7 Å². The number of esters is 1. The quantitative estimate of drug-likeness (QED) is 0.588. The Bertz CT molecular complexity index is 851. The van der Waals surface area contributed by atoms with E-state index in [2.05, 4.69) is 5.32 Å². The molecule has 1 amide bonds. The fourth-order valence-corrected chi connectivity index (χ4v) is 2.55. The Morgan fingerprint density at radius 3 is 2.31 bits per heavy atom. The topological polar surface area (TPSA) is 111 Å². The summed E-state index contributed by atoms with van der Waals surface area (Å²) in [6.07, 6.45) is -0.238. The lowest BCUT2D eigenvalue weighted by molar-refractivity contribution is -0.145. The minimum Gasteiger partial charge on any atom is -0.493 e. The number of rotatable bonds is 10. The van der Waals surface area contributed by atoms with Crippen LogP contribution in [0, 0.1) is 0 Å². The van der Waals surface area contributed by atoms with E-state index in [0.29, 0.717) is 11.5 Å². The van der Waals surface area contributed by atoms with Gasteiger partial charge < -0.3 is 24.6 Å². The summed E-state index contributed by atoms with van der Waals surface area (Å²) in [5.41, 5.74) is 1.04. The van der Waals surface area contributed by atoms with Crippen LogP contribution in [-0.2, 0) is 20.9 Å². The highest BCUT2D eigenvalue weighted by atomic mass is 16.5. The van der Waals surface area contributed by atoms with Gasteiger partial charge in [-0.25, -0.2) is 4.79 Å². The molecule has 0 fully saturated rings. The third-order valence-electron chi connectivity index (χ3n) is 4.13. The summed E-state index contributed by atoms with van der Waals surface area (Å²) < 4.78 is 15.4. The summed E-state index contributed by atoms with van der Waals surface area (Å²) in [7, 11) is 2.90. The monoisotopic (exact) mass is 401 g/mol. The SMILES string of the molecule is COc1ccc(C(=O)N[C@@H](CCC(=O)OCc2ccccc2)C(=O)O)cc1OC. The van der Waals surface area contributed by atoms with Crippen LogP contribution in [0.4, 0.5) is 0 Å². The summed E-state index contributed by atoms with van der Waals surface area (Å²) in [5.74, 6) is -1.59. The van der Waals surface area contributed by atoms with E-state index in [9.17, 15) is 19.5 Å². The molecule has 0 spiro atoms. The number of benzene rings is 2. The third kappa shape index (κ3) is 6.53. The maximum Gasteiger partial charge on any atom is 0.326 e. The molecule has 0 saturated heterocycles. The maximum atomic E-state index is 12.4. The molecule has 2 aromatic rings. The standard InChI is InChI=1S/C21H23NO7/c1-27-17-10-8-15(12-18(17)28-2)20(24)22-16(21(25)26)9-11-19(23)29-13-14-6-4-3-5-7-14/h3-8,10,12,16H,9,11,13H2,1-2H3,(H,22,24)(H,25,26)/t16-/m0/s1. The van der Waals surface area contributed by atoms with Crippen LogP contribution in [0.2, 0.25) is 0 Å². The van der Waals surface area contributed by atoms with Crippen molar-refractivity contribution >= 4 is 17.8 Å². The number of carboxylic acids is 1. The molecule has 154 valence electrons. The van der Waals surface area contributed by atoms with Crippen LogP contribution in [0.3, 0.4) is 0 Å². The lowest BCUT2D eigenvalue weighted by atomic mass is 10.1. The smallest absolute Gasteiger partial charge is 0.326 e. The number of carboxylic acid groups (broad SMARTS) is 1. The highest BCUT2D eigenvalue weighted by Crippen LogP contribution is 2.27. The van der Waals surface area contributed by atoms with Gasteiger partial charge >= 0.3 is 11.9 Å². The fraction of sp³-hybridized carbons (Fsp3) is 0.286. The van der Waals surface area contributed by atoms with Gasteiger partial charge in [0, 0.05) is 12.0 Å². The van der Waals surface area contributed by atoms with Gasteiger partial charge in [-0.2, -0.15) is 0 Å². The molecule has 8 heteroatoms. The molecule has 2 N–H and O–H groups in total. The second kappa shape index (κ2) is 10.7. The minimum absolute atomic E-state index is 0.0953. The summed E-state index contributed by atoms with van der Waals surface area (Å²) in [4.78, 5) is 35.8. The van der Waals surface area contributed by atoms with Crippen LogP contribution < -0.4 is 14.8 Å². The molecule has 0 bridgehead atoms. The van der Waals surface area contributed by atoms with Crippen molar-refractivity contribution in [3.8, 4) is 11.5 Å². The summed E-state index contributed by atoms with van der Waals surface area (Å²) in [5, 5.41) is 11.8. The predicted molar refractivity (Wildman–Crippen MR) is 104 cm³/mol. The fourth-order valence-electron chi connectivity index (χ4n) is 2.55. The third-order valence-corrected chi connectivity index (χ3v) is 4.13. The molecule has 0 aliphatic heterocycles. The van der Waals surface area contributed by atoms with Gasteiger partial charge in [0.1, 0.15) is 12.6 Å². The number of hydrogen-bond acceptors (Lipinski definition) is 6. The van der Waals surface area contributed by atoms with Crippen LogP contribution >= 0.6 is 0 Å². The summed E-state index contributed by atoms with van der Waals surface area (Å²) in [6, 6.07) is 12.4. The average molecular weight is 401 g/mol. The van der Waals surface area contributed by atoms with Crippen LogP contribution in [0.15, 0.2) is 48.5 Å². The Hall–Kier alpha value is -3.55. The molecule has 0 saturated carbocycles. The molecule has 0 radical (unpaired) electrons. The number of carbonyl (C=O) groups excluding carboxylic acids is 2. The lowest BCUT2D eigenvalue weighted by Crippen LogP contribution is -2.41. The predicted octanol–water partition coefficient (Wildman–Crippen LogP) is 2.41. The van der Waals surface area contributed by atoms with Gasteiger partial charge in [0.05, 0.1) is 14.2 Å². The lowest BCUT2D eigenvalue weighted by Gasteiger charge is -2.15. The first-order chi connectivity index (χ1) is 13.9. The highest BCUT2D eigenvalue weighted by molar-refractivity contribution is 5.97. The van der Waals surface area contributed by atoms with E-state index >= 15 is 0 Å². The van der Waals surface area contributed by atoms with E-state index in [4.69, 9.17) is 14.2 Å². The number of carbonyl (C=O) groups is 3.